The number of hydrogen-bond acceptors (Lipinski definition) is 5. The second-order valence-corrected chi connectivity index (χ2v) is 10.5. The molecule has 5 nitrogen and oxygen atoms in total. The number of phenols is 1. The molecule has 0 fully saturated rings. The number of benzene rings is 3. The van der Waals surface area contributed by atoms with Crippen molar-refractivity contribution in [2.24, 2.45) is 20.0 Å². The normalized spacial score (nSPS) is 12.2. The molecule has 0 aliphatic carbocycles. The van der Waals surface area contributed by atoms with Gasteiger partial charge in [0.05, 0.1) is 46.3 Å². The van der Waals surface area contributed by atoms with Crippen LogP contribution in [0.3, 0.4) is 0 Å². The number of halogens is 6. The number of nitrogens with zero attached hydrogens (tertiary/aromatic N) is 4. The summed E-state index contributed by atoms with van der Waals surface area (Å²) in [6, 6.07) is 10.2. The van der Waals surface area contributed by atoms with Crippen LogP contribution in [0.15, 0.2) is 56.4 Å². The van der Waals surface area contributed by atoms with Gasteiger partial charge in [0.15, 0.2) is 0 Å². The Kier molecular flexibility index (Phi) is 11.9. The summed E-state index contributed by atoms with van der Waals surface area (Å²) in [5.41, 5.74) is 3.41. The summed E-state index contributed by atoms with van der Waals surface area (Å²) < 4.78 is 0. The van der Waals surface area contributed by atoms with Crippen LogP contribution >= 0.6 is 69.6 Å². The van der Waals surface area contributed by atoms with E-state index in [2.05, 4.69) is 20.0 Å². The van der Waals surface area contributed by atoms with Gasteiger partial charge < -0.3 is 5.11 Å². The van der Waals surface area contributed by atoms with Gasteiger partial charge in [0.1, 0.15) is 5.75 Å². The molecule has 0 radical (unpaired) electrons. The Balaban J connectivity index is 1.55. The molecule has 0 saturated carbocycles. The highest BCUT2D eigenvalue weighted by Crippen LogP contribution is 2.29. The largest absolute Gasteiger partial charge is 0.507 e. The Morgan fingerprint density at radius 3 is 1.26 bits per heavy atom. The first-order valence-electron chi connectivity index (χ1n) is 11.3. The van der Waals surface area contributed by atoms with Gasteiger partial charge in [-0.3, -0.25) is 20.0 Å². The van der Waals surface area contributed by atoms with Gasteiger partial charge in [0.2, 0.25) is 0 Å². The van der Waals surface area contributed by atoms with Crippen molar-refractivity contribution in [2.45, 2.75) is 6.92 Å². The van der Waals surface area contributed by atoms with E-state index in [-0.39, 0.29) is 5.75 Å². The van der Waals surface area contributed by atoms with Crippen LogP contribution in [0.25, 0.3) is 0 Å². The molecule has 0 spiro atoms. The third kappa shape index (κ3) is 8.98. The molecule has 1 N–H and O–H groups in total. The Morgan fingerprint density at radius 2 is 0.895 bits per heavy atom. The molecule has 0 aromatic heterocycles. The molecule has 0 heterocycles. The van der Waals surface area contributed by atoms with Crippen LogP contribution in [0.4, 0.5) is 0 Å². The number of phenolic OH excluding ortho intramolecular Hbond substituents is 1. The molecule has 38 heavy (non-hydrogen) atoms. The number of aryl methyl sites for hydroxylation is 1. The predicted octanol–water partition coefficient (Wildman–Crippen LogP) is 8.70. The Labute approximate surface area is 251 Å². The minimum absolute atomic E-state index is 0.0933. The molecule has 11 heteroatoms. The number of hydrogen-bond donors (Lipinski definition) is 1. The van der Waals surface area contributed by atoms with Crippen molar-refractivity contribution in [3.63, 3.8) is 0 Å². The lowest BCUT2D eigenvalue weighted by Crippen LogP contribution is -1.95. The third-order valence-corrected chi connectivity index (χ3v) is 7.06. The van der Waals surface area contributed by atoms with Crippen molar-refractivity contribution in [3.8, 4) is 5.75 Å². The van der Waals surface area contributed by atoms with E-state index in [9.17, 15) is 5.11 Å². The molecule has 3 aromatic carbocycles. The Morgan fingerprint density at radius 1 is 0.553 bits per heavy atom. The SMILES string of the molecule is Cc1cc(C=NCCN=Cc2cc(Cl)cc(Cl)c2Cl)c(O)c(C=NCCN=Cc2cc(Cl)cc(Cl)c2Cl)c1. The molecular weight excluding hydrogens is 609 g/mol. The van der Waals surface area contributed by atoms with Gasteiger partial charge in [0, 0.05) is 57.2 Å². The molecule has 3 aromatic rings. The van der Waals surface area contributed by atoms with Crippen LogP contribution in [0.1, 0.15) is 27.8 Å². The zero-order valence-corrected chi connectivity index (χ0v) is 24.6. The molecule has 0 saturated heterocycles. The molecule has 3 rings (SSSR count). The molecule has 0 aliphatic heterocycles. The first-order chi connectivity index (χ1) is 18.2. The molecule has 0 bridgehead atoms. The fraction of sp³-hybridized carbons (Fsp3) is 0.185. The Hall–Kier alpha value is -2.12. The van der Waals surface area contributed by atoms with Gasteiger partial charge in [0.25, 0.3) is 0 Å². The van der Waals surface area contributed by atoms with Gasteiger partial charge in [-0.2, -0.15) is 0 Å². The average Bonchev–Trinajstić information content (AvgIpc) is 2.86. The van der Waals surface area contributed by atoms with Crippen molar-refractivity contribution in [3.05, 3.63) is 94.4 Å². The lowest BCUT2D eigenvalue weighted by atomic mass is 10.1. The number of rotatable bonds is 10. The summed E-state index contributed by atoms with van der Waals surface area (Å²) in [5, 5.41) is 13.1. The van der Waals surface area contributed by atoms with Crippen molar-refractivity contribution in [1.29, 1.82) is 0 Å². The maximum absolute atomic E-state index is 10.7. The highest BCUT2D eigenvalue weighted by atomic mass is 35.5. The molecule has 198 valence electrons. The van der Waals surface area contributed by atoms with Gasteiger partial charge in [-0.1, -0.05) is 69.6 Å². The zero-order valence-electron chi connectivity index (χ0n) is 20.1. The summed E-state index contributed by atoms with van der Waals surface area (Å²) in [4.78, 5) is 17.4. The van der Waals surface area contributed by atoms with Gasteiger partial charge >= 0.3 is 0 Å². The van der Waals surface area contributed by atoms with Crippen LogP contribution < -0.4 is 0 Å². The van der Waals surface area contributed by atoms with E-state index in [0.29, 0.717) is 78.6 Å². The minimum Gasteiger partial charge on any atom is -0.507 e. The Bertz CT molecular complexity index is 1320. The summed E-state index contributed by atoms with van der Waals surface area (Å²) in [6.45, 7) is 3.61. The fourth-order valence-corrected chi connectivity index (χ4v) is 4.59. The van der Waals surface area contributed by atoms with Crippen LogP contribution in [0.2, 0.25) is 30.1 Å². The number of aliphatic imine (C=N–C) groups is 4. The maximum atomic E-state index is 10.7. The second-order valence-electron chi connectivity index (χ2n) is 8.01. The molecule has 0 unspecified atom stereocenters. The first kappa shape index (κ1) is 30.4. The monoisotopic (exact) mass is 628 g/mol. The molecule has 0 atom stereocenters. The summed E-state index contributed by atoms with van der Waals surface area (Å²) in [5.74, 6) is 0.0933. The standard InChI is InChI=1S/C27H22Cl6N4O/c1-16-6-19(14-36-4-2-34-12-17-8-21(28)10-23(30)25(17)32)27(38)20(7-16)15-37-5-3-35-13-18-9-22(29)11-24(31)26(18)33/h6-15,38H,2-5H2,1H3. The van der Waals surface area contributed by atoms with Crippen molar-refractivity contribution in [2.75, 3.05) is 26.2 Å². The van der Waals surface area contributed by atoms with E-state index in [4.69, 9.17) is 69.6 Å². The van der Waals surface area contributed by atoms with Crippen LogP contribution in [-0.2, 0) is 0 Å². The van der Waals surface area contributed by atoms with E-state index in [0.717, 1.165) is 5.56 Å². The third-order valence-electron chi connectivity index (χ3n) is 4.99. The van der Waals surface area contributed by atoms with E-state index >= 15 is 0 Å². The van der Waals surface area contributed by atoms with E-state index in [1.165, 1.54) is 0 Å². The maximum Gasteiger partial charge on any atom is 0.133 e. The van der Waals surface area contributed by atoms with Crippen LogP contribution in [0, 0.1) is 6.92 Å². The van der Waals surface area contributed by atoms with Crippen molar-refractivity contribution < 1.29 is 5.11 Å². The summed E-state index contributed by atoms with van der Waals surface area (Å²) in [6.07, 6.45) is 6.44. The van der Waals surface area contributed by atoms with Gasteiger partial charge in [-0.05, 0) is 48.9 Å². The smallest absolute Gasteiger partial charge is 0.133 e. The highest BCUT2D eigenvalue weighted by molar-refractivity contribution is 6.45. The van der Waals surface area contributed by atoms with Crippen molar-refractivity contribution in [1.82, 2.24) is 0 Å². The minimum atomic E-state index is 0.0933. The van der Waals surface area contributed by atoms with E-state index in [1.807, 2.05) is 19.1 Å². The number of aromatic hydroxyl groups is 1. The fourth-order valence-electron chi connectivity index (χ4n) is 3.25. The molecule has 0 amide bonds. The summed E-state index contributed by atoms with van der Waals surface area (Å²) in [7, 11) is 0. The lowest BCUT2D eigenvalue weighted by molar-refractivity contribution is 0.473. The molecule has 0 aliphatic rings. The second kappa shape index (κ2) is 14.9. The van der Waals surface area contributed by atoms with E-state index in [1.54, 1.807) is 49.1 Å². The van der Waals surface area contributed by atoms with Crippen LogP contribution in [0.5, 0.6) is 5.75 Å². The predicted molar refractivity (Wildman–Crippen MR) is 166 cm³/mol. The first-order valence-corrected chi connectivity index (χ1v) is 13.5. The van der Waals surface area contributed by atoms with Crippen molar-refractivity contribution >= 4 is 94.5 Å². The van der Waals surface area contributed by atoms with E-state index < -0.39 is 0 Å². The average molecular weight is 631 g/mol. The quantitative estimate of drug-likeness (QED) is 0.136. The molecular formula is C27H22Cl6N4O. The zero-order chi connectivity index (χ0) is 27.7. The highest BCUT2D eigenvalue weighted by Gasteiger charge is 2.07. The van der Waals surface area contributed by atoms with Gasteiger partial charge in [-0.15, -0.1) is 0 Å². The lowest BCUT2D eigenvalue weighted by Gasteiger charge is -2.05. The topological polar surface area (TPSA) is 69.7 Å². The van der Waals surface area contributed by atoms with Gasteiger partial charge in [-0.25, -0.2) is 0 Å². The summed E-state index contributed by atoms with van der Waals surface area (Å²) >= 11 is 36.4. The van der Waals surface area contributed by atoms with Crippen LogP contribution in [-0.4, -0.2) is 56.1 Å².